The van der Waals surface area contributed by atoms with Gasteiger partial charge in [0.15, 0.2) is 0 Å². The molecule has 0 bridgehead atoms. The summed E-state index contributed by atoms with van der Waals surface area (Å²) < 4.78 is 0. The molecule has 0 nitrogen and oxygen atoms in total. The third kappa shape index (κ3) is 50.2. The van der Waals surface area contributed by atoms with Gasteiger partial charge in [-0.1, -0.05) is 29.7 Å². The van der Waals surface area contributed by atoms with Crippen molar-refractivity contribution in [3.8, 4) is 0 Å². The van der Waals surface area contributed by atoms with Gasteiger partial charge < -0.3 is 0 Å². The van der Waals surface area contributed by atoms with E-state index in [4.69, 9.17) is 0 Å². The van der Waals surface area contributed by atoms with Crippen molar-refractivity contribution in [2.45, 2.75) is 29.7 Å². The molecule has 0 saturated carbocycles. The normalized spacial score (nSPS) is 0. The molecule has 6 heavy (non-hydrogen) atoms. The molecule has 0 aliphatic rings. The van der Waals surface area contributed by atoms with E-state index in [1.807, 2.05) is 0 Å². The maximum Gasteiger partial charge on any atom is 1.00 e. The van der Waals surface area contributed by atoms with Crippen LogP contribution in [0.5, 0.6) is 0 Å². The topological polar surface area (TPSA) is 0 Å². The van der Waals surface area contributed by atoms with E-state index in [1.54, 1.807) is 0 Å². The first-order chi connectivity index (χ1) is 0. The van der Waals surface area contributed by atoms with Gasteiger partial charge in [0.1, 0.15) is 0 Å². The standard InChI is InChI=1S/4CH4.2Ag/h4*1H4;;/q;;;;;+1. The van der Waals surface area contributed by atoms with E-state index in [2.05, 4.69) is 0 Å². The summed E-state index contributed by atoms with van der Waals surface area (Å²) in [6.45, 7) is 0. The van der Waals surface area contributed by atoms with Gasteiger partial charge in [0.05, 0.1) is 0 Å². The number of hydrogen-bond acceptors (Lipinski definition) is 0. The Balaban J connectivity index is 0. The predicted octanol–water partition coefficient (Wildman–Crippen LogP) is 2.54. The molecular formula is C4H16Ag2+. The molecule has 53 valence electrons. The molecule has 1 radical (unpaired) electrons. The fraction of sp³-hybridized carbons (Fsp3) is 1.00. The van der Waals surface area contributed by atoms with Crippen molar-refractivity contribution in [3.63, 3.8) is 0 Å². The Bertz CT molecular complexity index is 5.51. The quantitative estimate of drug-likeness (QED) is 0.598. The summed E-state index contributed by atoms with van der Waals surface area (Å²) >= 11 is 0. The van der Waals surface area contributed by atoms with Gasteiger partial charge in [0, 0.05) is 22.4 Å². The number of hydrogen-bond donors (Lipinski definition) is 0. The van der Waals surface area contributed by atoms with E-state index in [0.29, 0.717) is 0 Å². The minimum atomic E-state index is 0. The van der Waals surface area contributed by atoms with Gasteiger partial charge in [-0.05, 0) is 0 Å². The van der Waals surface area contributed by atoms with Gasteiger partial charge in [-0.3, -0.25) is 0 Å². The van der Waals surface area contributed by atoms with E-state index < -0.39 is 0 Å². The van der Waals surface area contributed by atoms with Crippen LogP contribution in [0.4, 0.5) is 0 Å². The Labute approximate surface area is 74.1 Å². The number of rotatable bonds is 0. The van der Waals surface area contributed by atoms with Crippen LogP contribution in [0.25, 0.3) is 0 Å². The molecule has 0 aliphatic carbocycles. The van der Waals surface area contributed by atoms with Crippen molar-refractivity contribution in [1.82, 2.24) is 0 Å². The third-order valence-electron chi connectivity index (χ3n) is 0. The molecule has 0 unspecified atom stereocenters. The molecule has 0 spiro atoms. The van der Waals surface area contributed by atoms with Gasteiger partial charge in [0.25, 0.3) is 0 Å². The molecule has 0 heterocycles. The summed E-state index contributed by atoms with van der Waals surface area (Å²) in [4.78, 5) is 0. The Hall–Kier alpha value is 1.48. The van der Waals surface area contributed by atoms with Crippen LogP contribution in [0.1, 0.15) is 29.7 Å². The SMILES string of the molecule is C.C.C.C.[Ag+].[Ag]. The van der Waals surface area contributed by atoms with Gasteiger partial charge >= 0.3 is 22.4 Å². The van der Waals surface area contributed by atoms with Crippen LogP contribution in [-0.4, -0.2) is 0 Å². The van der Waals surface area contributed by atoms with Gasteiger partial charge in [-0.2, -0.15) is 0 Å². The second-order valence-corrected chi connectivity index (χ2v) is 0. The molecule has 0 amide bonds. The van der Waals surface area contributed by atoms with Crippen LogP contribution < -0.4 is 0 Å². The van der Waals surface area contributed by atoms with Crippen LogP contribution >= 0.6 is 0 Å². The van der Waals surface area contributed by atoms with Gasteiger partial charge in [-0.25, -0.2) is 0 Å². The zero-order valence-corrected chi connectivity index (χ0v) is 3.57. The summed E-state index contributed by atoms with van der Waals surface area (Å²) in [5, 5.41) is 0. The van der Waals surface area contributed by atoms with Gasteiger partial charge in [-0.15, -0.1) is 0 Å². The average Bonchev–Trinajstić information content (AvgIpc) is 0. The Kier molecular flexibility index (Phi) is 2120. The van der Waals surface area contributed by atoms with Crippen LogP contribution in [-0.2, 0) is 44.8 Å². The van der Waals surface area contributed by atoms with Crippen LogP contribution in [0.2, 0.25) is 0 Å². The monoisotopic (exact) mass is 278 g/mol. The van der Waals surface area contributed by atoms with E-state index in [-0.39, 0.29) is 74.5 Å². The molecule has 2 heteroatoms. The third-order valence-corrected chi connectivity index (χ3v) is 0. The Morgan fingerprint density at radius 3 is 0.500 bits per heavy atom. The summed E-state index contributed by atoms with van der Waals surface area (Å²) in [5.74, 6) is 0. The first-order valence-corrected chi connectivity index (χ1v) is 0. The van der Waals surface area contributed by atoms with E-state index in [0.717, 1.165) is 0 Å². The largest absolute Gasteiger partial charge is 1.00 e. The summed E-state index contributed by atoms with van der Waals surface area (Å²) in [5.41, 5.74) is 0. The summed E-state index contributed by atoms with van der Waals surface area (Å²) in [6.07, 6.45) is 0. The molecule has 0 saturated heterocycles. The van der Waals surface area contributed by atoms with Crippen molar-refractivity contribution >= 4 is 0 Å². The molecular weight excluding hydrogens is 264 g/mol. The second-order valence-electron chi connectivity index (χ2n) is 0. The zero-order chi connectivity index (χ0) is 0. The van der Waals surface area contributed by atoms with E-state index >= 15 is 0 Å². The van der Waals surface area contributed by atoms with Crippen molar-refractivity contribution in [1.29, 1.82) is 0 Å². The fourth-order valence-electron chi connectivity index (χ4n) is 0. The summed E-state index contributed by atoms with van der Waals surface area (Å²) in [6, 6.07) is 0. The molecule has 0 aromatic rings. The van der Waals surface area contributed by atoms with Crippen molar-refractivity contribution in [2.24, 2.45) is 0 Å². The van der Waals surface area contributed by atoms with Crippen molar-refractivity contribution < 1.29 is 44.8 Å². The Morgan fingerprint density at radius 1 is 0.500 bits per heavy atom. The molecule has 0 aliphatic heterocycles. The minimum absolute atomic E-state index is 0. The minimum Gasteiger partial charge on any atom is -0.0776 e. The van der Waals surface area contributed by atoms with E-state index in [1.165, 1.54) is 0 Å². The second kappa shape index (κ2) is 88.8. The van der Waals surface area contributed by atoms with E-state index in [9.17, 15) is 0 Å². The maximum absolute atomic E-state index is 0. The maximum atomic E-state index is 0. The van der Waals surface area contributed by atoms with Crippen molar-refractivity contribution in [2.75, 3.05) is 0 Å². The summed E-state index contributed by atoms with van der Waals surface area (Å²) in [7, 11) is 0. The van der Waals surface area contributed by atoms with Crippen LogP contribution in [0.15, 0.2) is 0 Å². The van der Waals surface area contributed by atoms with Gasteiger partial charge in [0.2, 0.25) is 0 Å². The Morgan fingerprint density at radius 2 is 0.500 bits per heavy atom. The molecule has 0 N–H and O–H groups in total. The molecule has 0 aromatic heterocycles. The first-order valence-electron chi connectivity index (χ1n) is 0. The fourth-order valence-corrected chi connectivity index (χ4v) is 0. The molecule has 0 fully saturated rings. The molecule has 0 rings (SSSR count). The predicted molar refractivity (Wildman–Crippen MR) is 26.9 cm³/mol. The van der Waals surface area contributed by atoms with Crippen LogP contribution in [0.3, 0.4) is 0 Å². The van der Waals surface area contributed by atoms with Crippen LogP contribution in [0, 0.1) is 0 Å². The molecule has 0 aromatic carbocycles. The average molecular weight is 280 g/mol. The molecule has 0 atom stereocenters. The zero-order valence-electron chi connectivity index (χ0n) is 0.603. The van der Waals surface area contributed by atoms with Crippen molar-refractivity contribution in [3.05, 3.63) is 0 Å². The smallest absolute Gasteiger partial charge is 0.0776 e. The first kappa shape index (κ1) is 143.